The Morgan fingerprint density at radius 2 is 2.31 bits per heavy atom. The van der Waals surface area contributed by atoms with Gasteiger partial charge in [-0.3, -0.25) is 0 Å². The first kappa shape index (κ1) is 8.07. The standard InChI is InChI=1S/C9H10N2O2/c10-4-3-9-11-7-5-6(12)1-2-8(7)13-9/h1-2,5,12H,3-4,10H2. The molecule has 0 aliphatic heterocycles. The van der Waals surface area contributed by atoms with Gasteiger partial charge in [-0.15, -0.1) is 0 Å². The number of phenolic OH excluding ortho intramolecular Hbond substituents is 1. The van der Waals surface area contributed by atoms with Crippen molar-refractivity contribution in [2.45, 2.75) is 6.42 Å². The number of rotatable bonds is 2. The maximum Gasteiger partial charge on any atom is 0.196 e. The first-order valence-corrected chi connectivity index (χ1v) is 4.08. The van der Waals surface area contributed by atoms with E-state index in [2.05, 4.69) is 4.98 Å². The highest BCUT2D eigenvalue weighted by atomic mass is 16.3. The molecular formula is C9H10N2O2. The van der Waals surface area contributed by atoms with Crippen LogP contribution in [0.2, 0.25) is 0 Å². The van der Waals surface area contributed by atoms with E-state index < -0.39 is 0 Å². The zero-order valence-electron chi connectivity index (χ0n) is 7.03. The van der Waals surface area contributed by atoms with E-state index in [1.807, 2.05) is 0 Å². The number of phenols is 1. The molecule has 4 heteroatoms. The van der Waals surface area contributed by atoms with Gasteiger partial charge >= 0.3 is 0 Å². The fourth-order valence-corrected chi connectivity index (χ4v) is 1.19. The Hall–Kier alpha value is -1.55. The van der Waals surface area contributed by atoms with Crippen LogP contribution in [0, 0.1) is 0 Å². The summed E-state index contributed by atoms with van der Waals surface area (Å²) in [6.45, 7) is 0.513. The van der Waals surface area contributed by atoms with E-state index in [0.29, 0.717) is 30.0 Å². The van der Waals surface area contributed by atoms with Crippen LogP contribution in [0.1, 0.15) is 5.89 Å². The van der Waals surface area contributed by atoms with Crippen molar-refractivity contribution in [3.05, 3.63) is 24.1 Å². The summed E-state index contributed by atoms with van der Waals surface area (Å²) in [5.74, 6) is 0.809. The summed E-state index contributed by atoms with van der Waals surface area (Å²) in [5.41, 5.74) is 6.71. The molecule has 0 saturated heterocycles. The van der Waals surface area contributed by atoms with Crippen LogP contribution in [0.3, 0.4) is 0 Å². The van der Waals surface area contributed by atoms with E-state index in [4.69, 9.17) is 15.3 Å². The predicted molar refractivity (Wildman–Crippen MR) is 48.4 cm³/mol. The van der Waals surface area contributed by atoms with E-state index in [-0.39, 0.29) is 5.75 Å². The fourth-order valence-electron chi connectivity index (χ4n) is 1.19. The van der Waals surface area contributed by atoms with Crippen molar-refractivity contribution in [2.75, 3.05) is 6.54 Å². The minimum Gasteiger partial charge on any atom is -0.508 e. The molecule has 2 rings (SSSR count). The van der Waals surface area contributed by atoms with Gasteiger partial charge in [0.05, 0.1) is 0 Å². The lowest BCUT2D eigenvalue weighted by Crippen LogP contribution is -2.02. The Labute approximate surface area is 75.0 Å². The average Bonchev–Trinajstić information content (AvgIpc) is 2.46. The number of nitrogens with two attached hydrogens (primary N) is 1. The third-order valence-corrected chi connectivity index (χ3v) is 1.77. The molecule has 0 aliphatic carbocycles. The van der Waals surface area contributed by atoms with Crippen molar-refractivity contribution >= 4 is 11.1 Å². The molecule has 0 bridgehead atoms. The molecule has 0 radical (unpaired) electrons. The summed E-state index contributed by atoms with van der Waals surface area (Å²) in [6.07, 6.45) is 0.620. The molecule has 4 nitrogen and oxygen atoms in total. The maximum atomic E-state index is 9.16. The number of oxazole rings is 1. The van der Waals surface area contributed by atoms with Crippen LogP contribution in [0.5, 0.6) is 5.75 Å². The highest BCUT2D eigenvalue weighted by Crippen LogP contribution is 2.20. The van der Waals surface area contributed by atoms with Crippen molar-refractivity contribution in [3.8, 4) is 5.75 Å². The van der Waals surface area contributed by atoms with Gasteiger partial charge in [0.1, 0.15) is 11.3 Å². The number of aromatic nitrogens is 1. The lowest BCUT2D eigenvalue weighted by atomic mass is 10.3. The van der Waals surface area contributed by atoms with Gasteiger partial charge in [0.25, 0.3) is 0 Å². The number of fused-ring (bicyclic) bond motifs is 1. The van der Waals surface area contributed by atoms with Crippen molar-refractivity contribution in [3.63, 3.8) is 0 Å². The molecular weight excluding hydrogens is 168 g/mol. The number of hydrogen-bond acceptors (Lipinski definition) is 4. The van der Waals surface area contributed by atoms with Crippen LogP contribution in [0.15, 0.2) is 22.6 Å². The van der Waals surface area contributed by atoms with Crippen LogP contribution >= 0.6 is 0 Å². The fraction of sp³-hybridized carbons (Fsp3) is 0.222. The lowest BCUT2D eigenvalue weighted by molar-refractivity contribution is 0.475. The Balaban J connectivity index is 2.49. The van der Waals surface area contributed by atoms with Gasteiger partial charge in [0.2, 0.25) is 0 Å². The largest absolute Gasteiger partial charge is 0.508 e. The number of aromatic hydroxyl groups is 1. The normalized spacial score (nSPS) is 10.8. The van der Waals surface area contributed by atoms with E-state index in [1.165, 1.54) is 0 Å². The van der Waals surface area contributed by atoms with Crippen LogP contribution in [-0.4, -0.2) is 16.6 Å². The number of hydrogen-bond donors (Lipinski definition) is 2. The summed E-state index contributed by atoms with van der Waals surface area (Å²) < 4.78 is 5.36. The van der Waals surface area contributed by atoms with Crippen molar-refractivity contribution in [1.29, 1.82) is 0 Å². The zero-order valence-corrected chi connectivity index (χ0v) is 7.03. The molecule has 68 valence electrons. The second-order valence-corrected chi connectivity index (χ2v) is 2.80. The Kier molecular flexibility index (Phi) is 1.90. The van der Waals surface area contributed by atoms with Gasteiger partial charge in [-0.05, 0) is 12.1 Å². The summed E-state index contributed by atoms with van der Waals surface area (Å²) in [4.78, 5) is 4.16. The molecule has 1 aromatic carbocycles. The minimum absolute atomic E-state index is 0.195. The molecule has 2 aromatic rings. The average molecular weight is 178 g/mol. The molecule has 1 aromatic heterocycles. The van der Waals surface area contributed by atoms with Gasteiger partial charge in [-0.25, -0.2) is 4.98 Å². The monoisotopic (exact) mass is 178 g/mol. The maximum absolute atomic E-state index is 9.16. The summed E-state index contributed by atoms with van der Waals surface area (Å²) in [5, 5.41) is 9.16. The molecule has 0 aliphatic rings. The van der Waals surface area contributed by atoms with Crippen LogP contribution in [0.4, 0.5) is 0 Å². The third kappa shape index (κ3) is 1.48. The molecule has 13 heavy (non-hydrogen) atoms. The van der Waals surface area contributed by atoms with Crippen LogP contribution in [-0.2, 0) is 6.42 Å². The van der Waals surface area contributed by atoms with E-state index in [0.717, 1.165) is 0 Å². The first-order valence-electron chi connectivity index (χ1n) is 4.08. The van der Waals surface area contributed by atoms with Gasteiger partial charge in [0, 0.05) is 19.0 Å². The zero-order chi connectivity index (χ0) is 9.26. The number of benzene rings is 1. The summed E-state index contributed by atoms with van der Waals surface area (Å²) in [6, 6.07) is 4.83. The van der Waals surface area contributed by atoms with Gasteiger partial charge < -0.3 is 15.3 Å². The third-order valence-electron chi connectivity index (χ3n) is 1.77. The first-order chi connectivity index (χ1) is 6.29. The Bertz CT molecular complexity index is 422. The molecule has 3 N–H and O–H groups in total. The summed E-state index contributed by atoms with van der Waals surface area (Å²) >= 11 is 0. The van der Waals surface area contributed by atoms with Gasteiger partial charge in [-0.1, -0.05) is 0 Å². The molecule has 0 amide bonds. The van der Waals surface area contributed by atoms with E-state index in [9.17, 15) is 0 Å². The smallest absolute Gasteiger partial charge is 0.196 e. The molecule has 0 unspecified atom stereocenters. The predicted octanol–water partition coefficient (Wildman–Crippen LogP) is 1.03. The second-order valence-electron chi connectivity index (χ2n) is 2.80. The molecule has 0 fully saturated rings. The van der Waals surface area contributed by atoms with Crippen molar-refractivity contribution < 1.29 is 9.52 Å². The topological polar surface area (TPSA) is 72.3 Å². The van der Waals surface area contributed by atoms with Gasteiger partial charge in [0.15, 0.2) is 11.5 Å². The molecule has 1 heterocycles. The van der Waals surface area contributed by atoms with Crippen molar-refractivity contribution in [1.82, 2.24) is 4.98 Å². The van der Waals surface area contributed by atoms with Gasteiger partial charge in [-0.2, -0.15) is 0 Å². The minimum atomic E-state index is 0.195. The van der Waals surface area contributed by atoms with E-state index in [1.54, 1.807) is 18.2 Å². The number of nitrogens with zero attached hydrogens (tertiary/aromatic N) is 1. The molecule has 0 saturated carbocycles. The quantitative estimate of drug-likeness (QED) is 0.720. The van der Waals surface area contributed by atoms with Crippen molar-refractivity contribution in [2.24, 2.45) is 5.73 Å². The second kappa shape index (κ2) is 3.06. The Morgan fingerprint density at radius 3 is 3.08 bits per heavy atom. The summed E-state index contributed by atoms with van der Waals surface area (Å²) in [7, 11) is 0. The highest BCUT2D eigenvalue weighted by Gasteiger charge is 2.04. The van der Waals surface area contributed by atoms with Crippen LogP contribution < -0.4 is 5.73 Å². The lowest BCUT2D eigenvalue weighted by Gasteiger charge is -1.87. The molecule has 0 atom stereocenters. The van der Waals surface area contributed by atoms with Crippen LogP contribution in [0.25, 0.3) is 11.1 Å². The van der Waals surface area contributed by atoms with E-state index >= 15 is 0 Å². The SMILES string of the molecule is NCCc1nc2cc(O)ccc2o1. The highest BCUT2D eigenvalue weighted by molar-refractivity contribution is 5.74. The molecule has 0 spiro atoms. The Morgan fingerprint density at radius 1 is 1.46 bits per heavy atom.